The van der Waals surface area contributed by atoms with E-state index >= 15 is 0 Å². The molecule has 0 bridgehead atoms. The maximum absolute atomic E-state index is 11.2. The Kier molecular flexibility index (Phi) is 2.77. The van der Waals surface area contributed by atoms with Gasteiger partial charge < -0.3 is 9.47 Å². The standard InChI is InChI=1S/C10H16N2O3/c1-4-6-8-7(3)9(12-11-8)15-10(13)14-5-2/h4-6H2,1-3H3,(H,11,12)/i3D3. The van der Waals surface area contributed by atoms with Gasteiger partial charge in [-0.1, -0.05) is 13.3 Å². The van der Waals surface area contributed by atoms with Gasteiger partial charge in [0, 0.05) is 15.4 Å². The molecule has 0 atom stereocenters. The number of aromatic nitrogens is 2. The number of aryl methyl sites for hydroxylation is 1. The Morgan fingerprint density at radius 2 is 2.40 bits per heavy atom. The number of hydrogen-bond donors (Lipinski definition) is 1. The van der Waals surface area contributed by atoms with Gasteiger partial charge in [0.15, 0.2) is 0 Å². The summed E-state index contributed by atoms with van der Waals surface area (Å²) in [5.74, 6) is -0.239. The van der Waals surface area contributed by atoms with Crippen LogP contribution in [-0.4, -0.2) is 23.0 Å². The Morgan fingerprint density at radius 1 is 1.60 bits per heavy atom. The third-order valence-electron chi connectivity index (χ3n) is 1.75. The summed E-state index contributed by atoms with van der Waals surface area (Å²) in [5.41, 5.74) is 0.397. The number of ether oxygens (including phenoxy) is 2. The largest absolute Gasteiger partial charge is 0.515 e. The average Bonchev–Trinajstić information content (AvgIpc) is 2.61. The maximum atomic E-state index is 11.2. The molecule has 0 aliphatic rings. The molecule has 0 radical (unpaired) electrons. The highest BCUT2D eigenvalue weighted by Gasteiger charge is 2.13. The zero-order chi connectivity index (χ0) is 13.8. The zero-order valence-corrected chi connectivity index (χ0v) is 8.79. The van der Waals surface area contributed by atoms with Crippen LogP contribution in [-0.2, 0) is 11.2 Å². The van der Waals surface area contributed by atoms with Crippen LogP contribution in [0.4, 0.5) is 4.79 Å². The van der Waals surface area contributed by atoms with Crippen LogP contribution in [0.2, 0.25) is 0 Å². The topological polar surface area (TPSA) is 64.2 Å². The molecule has 0 aromatic carbocycles. The highest BCUT2D eigenvalue weighted by molar-refractivity contribution is 5.63. The van der Waals surface area contributed by atoms with Crippen molar-refractivity contribution in [2.75, 3.05) is 6.61 Å². The fourth-order valence-corrected chi connectivity index (χ4v) is 1.09. The summed E-state index contributed by atoms with van der Waals surface area (Å²) in [5, 5.41) is 6.30. The smallest absolute Gasteiger partial charge is 0.434 e. The van der Waals surface area contributed by atoms with E-state index in [1.807, 2.05) is 6.92 Å². The van der Waals surface area contributed by atoms with Crippen molar-refractivity contribution >= 4 is 6.16 Å². The highest BCUT2D eigenvalue weighted by atomic mass is 16.7. The molecule has 1 aromatic heterocycles. The molecule has 0 fully saturated rings. The van der Waals surface area contributed by atoms with Gasteiger partial charge in [0.2, 0.25) is 5.88 Å². The lowest BCUT2D eigenvalue weighted by Crippen LogP contribution is -2.10. The predicted octanol–water partition coefficient (Wildman–Crippen LogP) is 2.21. The second-order valence-corrected chi connectivity index (χ2v) is 2.92. The second kappa shape index (κ2) is 5.38. The molecule has 0 unspecified atom stereocenters. The van der Waals surface area contributed by atoms with Gasteiger partial charge in [0.05, 0.1) is 6.61 Å². The van der Waals surface area contributed by atoms with Crippen molar-refractivity contribution in [1.29, 1.82) is 0 Å². The van der Waals surface area contributed by atoms with Crippen LogP contribution < -0.4 is 4.74 Å². The first-order valence-electron chi connectivity index (χ1n) is 6.32. The van der Waals surface area contributed by atoms with Crippen LogP contribution in [0.25, 0.3) is 0 Å². The van der Waals surface area contributed by atoms with Crippen LogP contribution in [0, 0.1) is 6.85 Å². The van der Waals surface area contributed by atoms with Gasteiger partial charge in [-0.05, 0) is 20.2 Å². The van der Waals surface area contributed by atoms with E-state index in [4.69, 9.17) is 8.85 Å². The number of carbonyl (C=O) groups is 1. The minimum Gasteiger partial charge on any atom is -0.434 e. The molecule has 0 saturated carbocycles. The van der Waals surface area contributed by atoms with E-state index in [9.17, 15) is 4.79 Å². The Morgan fingerprint density at radius 3 is 3.00 bits per heavy atom. The first-order valence-corrected chi connectivity index (χ1v) is 4.82. The third kappa shape index (κ3) is 2.97. The van der Waals surface area contributed by atoms with E-state index in [0.717, 1.165) is 6.42 Å². The quantitative estimate of drug-likeness (QED) is 0.782. The lowest BCUT2D eigenvalue weighted by atomic mass is 10.2. The van der Waals surface area contributed by atoms with Crippen LogP contribution in [0.5, 0.6) is 5.88 Å². The van der Waals surface area contributed by atoms with Gasteiger partial charge in [-0.15, -0.1) is 5.10 Å². The van der Waals surface area contributed by atoms with Crippen molar-refractivity contribution in [3.63, 3.8) is 0 Å². The van der Waals surface area contributed by atoms with Crippen LogP contribution in [0.15, 0.2) is 0 Å². The van der Waals surface area contributed by atoms with E-state index < -0.39 is 13.0 Å². The minimum absolute atomic E-state index is 0.0580. The highest BCUT2D eigenvalue weighted by Crippen LogP contribution is 2.18. The number of nitrogens with zero attached hydrogens (tertiary/aromatic N) is 1. The first kappa shape index (κ1) is 7.73. The molecule has 0 amide bonds. The second-order valence-electron chi connectivity index (χ2n) is 2.92. The van der Waals surface area contributed by atoms with Gasteiger partial charge in [0.25, 0.3) is 0 Å². The molecular weight excluding hydrogens is 196 g/mol. The van der Waals surface area contributed by atoms with Gasteiger partial charge in [0.1, 0.15) is 0 Å². The number of nitrogens with one attached hydrogen (secondary N) is 1. The third-order valence-corrected chi connectivity index (χ3v) is 1.75. The number of aromatic amines is 1. The molecule has 5 nitrogen and oxygen atoms in total. The average molecular weight is 215 g/mol. The SMILES string of the molecule is [2H]C([2H])([2H])c1c(OC(=O)OCC)n[nH]c1CCC. The van der Waals surface area contributed by atoms with Gasteiger partial charge in [-0.25, -0.2) is 4.79 Å². The molecule has 1 aromatic rings. The van der Waals surface area contributed by atoms with Gasteiger partial charge >= 0.3 is 6.16 Å². The Labute approximate surface area is 93.0 Å². The molecule has 5 heteroatoms. The number of H-pyrrole nitrogens is 1. The minimum atomic E-state index is -2.39. The summed E-state index contributed by atoms with van der Waals surface area (Å²) in [4.78, 5) is 11.2. The van der Waals surface area contributed by atoms with E-state index in [1.54, 1.807) is 6.92 Å². The van der Waals surface area contributed by atoms with Gasteiger partial charge in [-0.2, -0.15) is 0 Å². The van der Waals surface area contributed by atoms with E-state index in [1.165, 1.54) is 0 Å². The molecule has 0 aliphatic heterocycles. The van der Waals surface area contributed by atoms with Gasteiger partial charge in [-0.3, -0.25) is 5.10 Å². The molecule has 1 N–H and O–H groups in total. The summed E-state index contributed by atoms with van der Waals surface area (Å²) >= 11 is 0. The summed E-state index contributed by atoms with van der Waals surface area (Å²) in [7, 11) is 0. The van der Waals surface area contributed by atoms with Crippen molar-refractivity contribution in [3.8, 4) is 5.88 Å². The van der Waals surface area contributed by atoms with Crippen LogP contribution in [0.1, 0.15) is 35.6 Å². The predicted molar refractivity (Wildman–Crippen MR) is 55.0 cm³/mol. The normalized spacial score (nSPS) is 13.9. The maximum Gasteiger partial charge on any atom is 0.515 e. The van der Waals surface area contributed by atoms with Crippen LogP contribution in [0.3, 0.4) is 0 Å². The van der Waals surface area contributed by atoms with Crippen molar-refractivity contribution in [3.05, 3.63) is 11.3 Å². The Hall–Kier alpha value is -1.52. The first-order chi connectivity index (χ1) is 8.40. The summed E-state index contributed by atoms with van der Waals surface area (Å²) in [6.07, 6.45) is 0.314. The van der Waals surface area contributed by atoms with Crippen LogP contribution >= 0.6 is 0 Å². The van der Waals surface area contributed by atoms with Crippen molar-refractivity contribution in [1.82, 2.24) is 10.2 Å². The number of rotatable bonds is 4. The lowest BCUT2D eigenvalue weighted by Gasteiger charge is -2.01. The molecular formula is C10H16N2O3. The lowest BCUT2D eigenvalue weighted by molar-refractivity contribution is 0.102. The molecule has 0 spiro atoms. The summed E-state index contributed by atoms with van der Waals surface area (Å²) in [6, 6.07) is 0. The molecule has 84 valence electrons. The monoisotopic (exact) mass is 215 g/mol. The zero-order valence-electron chi connectivity index (χ0n) is 11.8. The fourth-order valence-electron chi connectivity index (χ4n) is 1.09. The summed E-state index contributed by atoms with van der Waals surface area (Å²) < 4.78 is 31.7. The van der Waals surface area contributed by atoms with Crippen molar-refractivity contribution in [2.24, 2.45) is 0 Å². The number of hydrogen-bond acceptors (Lipinski definition) is 4. The number of carbonyl (C=O) groups excluding carboxylic acids is 1. The molecule has 1 rings (SSSR count). The van der Waals surface area contributed by atoms with E-state index in [0.29, 0.717) is 12.1 Å². The van der Waals surface area contributed by atoms with Crippen molar-refractivity contribution in [2.45, 2.75) is 33.5 Å². The molecule has 0 saturated heterocycles. The fraction of sp³-hybridized carbons (Fsp3) is 0.600. The molecule has 1 heterocycles. The van der Waals surface area contributed by atoms with Crippen molar-refractivity contribution < 1.29 is 18.4 Å². The Bertz CT molecular complexity index is 415. The molecule has 15 heavy (non-hydrogen) atoms. The van der Waals surface area contributed by atoms with E-state index in [2.05, 4.69) is 14.9 Å². The molecule has 0 aliphatic carbocycles. The summed E-state index contributed by atoms with van der Waals surface area (Å²) in [6.45, 7) is 1.29. The van der Waals surface area contributed by atoms with E-state index in [-0.39, 0.29) is 18.1 Å². The Balaban J connectivity index is 3.01.